The summed E-state index contributed by atoms with van der Waals surface area (Å²) in [5.74, 6) is 2.12. The van der Waals surface area contributed by atoms with Crippen LogP contribution in [-0.4, -0.2) is 16.1 Å². The molecule has 1 unspecified atom stereocenters. The summed E-state index contributed by atoms with van der Waals surface area (Å²) in [5.41, 5.74) is 9.22. The van der Waals surface area contributed by atoms with Crippen molar-refractivity contribution in [3.8, 4) is 5.75 Å². The predicted molar refractivity (Wildman–Crippen MR) is 83.4 cm³/mol. The van der Waals surface area contributed by atoms with E-state index in [1.54, 1.807) is 6.20 Å². The van der Waals surface area contributed by atoms with E-state index in [1.165, 1.54) is 11.1 Å². The average Bonchev–Trinajstić information content (AvgIpc) is 2.84. The first-order chi connectivity index (χ1) is 10.2. The summed E-state index contributed by atoms with van der Waals surface area (Å²) in [5, 5.41) is 3.35. The van der Waals surface area contributed by atoms with Gasteiger partial charge in [0.05, 0.1) is 0 Å². The van der Waals surface area contributed by atoms with Gasteiger partial charge in [-0.15, -0.1) is 0 Å². The number of nitrogens with one attached hydrogen (secondary N) is 1. The molecule has 0 saturated carbocycles. The second-order valence-electron chi connectivity index (χ2n) is 5.38. The number of aromatic nitrogens is 2. The lowest BCUT2D eigenvalue weighted by Crippen LogP contribution is -2.07. The van der Waals surface area contributed by atoms with Crippen LogP contribution in [0.15, 0.2) is 24.4 Å². The van der Waals surface area contributed by atoms with Gasteiger partial charge in [0.25, 0.3) is 0 Å². The van der Waals surface area contributed by atoms with Gasteiger partial charge in [-0.25, -0.2) is 4.98 Å². The van der Waals surface area contributed by atoms with Crippen molar-refractivity contribution in [1.82, 2.24) is 9.97 Å². The van der Waals surface area contributed by atoms with Gasteiger partial charge >= 0.3 is 0 Å². The standard InChI is InChI=1S/C16H20N4O/c1-3-12-9-19-16(17)20-15(12)18-8-11-4-5-14-13(7-11)6-10(2)21-14/h4-5,7,9-10H,3,6,8H2,1-2H3,(H3,17,18,19,20). The van der Waals surface area contributed by atoms with E-state index in [1.807, 2.05) is 6.07 Å². The van der Waals surface area contributed by atoms with Crippen LogP contribution in [0.1, 0.15) is 30.5 Å². The lowest BCUT2D eigenvalue weighted by atomic mass is 10.1. The Bertz CT molecular complexity index is 657. The Labute approximate surface area is 124 Å². The van der Waals surface area contributed by atoms with Gasteiger partial charge in [-0.1, -0.05) is 19.1 Å². The third-order valence-corrected chi connectivity index (χ3v) is 3.68. The van der Waals surface area contributed by atoms with Crippen LogP contribution in [0.25, 0.3) is 0 Å². The molecule has 0 fully saturated rings. The fourth-order valence-corrected chi connectivity index (χ4v) is 2.60. The molecule has 3 rings (SSSR count). The van der Waals surface area contributed by atoms with Gasteiger partial charge in [0.2, 0.25) is 5.95 Å². The van der Waals surface area contributed by atoms with Gasteiger partial charge in [0.1, 0.15) is 17.7 Å². The van der Waals surface area contributed by atoms with E-state index in [-0.39, 0.29) is 6.10 Å². The summed E-state index contributed by atoms with van der Waals surface area (Å²) >= 11 is 0. The third kappa shape index (κ3) is 2.91. The fraction of sp³-hybridized carbons (Fsp3) is 0.375. The quantitative estimate of drug-likeness (QED) is 0.902. The number of aryl methyl sites for hydroxylation is 1. The van der Waals surface area contributed by atoms with E-state index in [0.717, 1.165) is 30.0 Å². The van der Waals surface area contributed by atoms with E-state index in [9.17, 15) is 0 Å². The van der Waals surface area contributed by atoms with Gasteiger partial charge in [-0.3, -0.25) is 0 Å². The Morgan fingerprint density at radius 1 is 1.43 bits per heavy atom. The number of benzene rings is 1. The normalized spacial score (nSPS) is 16.4. The van der Waals surface area contributed by atoms with Gasteiger partial charge in [-0.05, 0) is 30.5 Å². The largest absolute Gasteiger partial charge is 0.490 e. The molecule has 0 aliphatic carbocycles. The maximum atomic E-state index is 5.72. The Balaban J connectivity index is 1.74. The van der Waals surface area contributed by atoms with Crippen LogP contribution in [-0.2, 0) is 19.4 Å². The molecule has 2 aromatic rings. The summed E-state index contributed by atoms with van der Waals surface area (Å²) in [6.45, 7) is 4.88. The van der Waals surface area contributed by atoms with Crippen molar-refractivity contribution in [2.24, 2.45) is 0 Å². The minimum atomic E-state index is 0.275. The SMILES string of the molecule is CCc1cnc(N)nc1NCc1ccc2c(c1)CC(C)O2. The molecule has 2 heterocycles. The Kier molecular flexibility index (Phi) is 3.64. The summed E-state index contributed by atoms with van der Waals surface area (Å²) in [7, 11) is 0. The maximum Gasteiger partial charge on any atom is 0.221 e. The molecule has 1 aromatic carbocycles. The van der Waals surface area contributed by atoms with Gasteiger partial charge in [0.15, 0.2) is 0 Å². The second-order valence-corrected chi connectivity index (χ2v) is 5.38. The van der Waals surface area contributed by atoms with Crippen LogP contribution in [0.2, 0.25) is 0 Å². The molecule has 1 aromatic heterocycles. The van der Waals surface area contributed by atoms with E-state index < -0.39 is 0 Å². The zero-order chi connectivity index (χ0) is 14.8. The number of nitrogens with two attached hydrogens (primary N) is 1. The topological polar surface area (TPSA) is 73.1 Å². The summed E-state index contributed by atoms with van der Waals surface area (Å²) in [6.07, 6.45) is 3.90. The van der Waals surface area contributed by atoms with Crippen LogP contribution in [0.5, 0.6) is 5.75 Å². The molecule has 1 atom stereocenters. The monoisotopic (exact) mass is 284 g/mol. The summed E-state index contributed by atoms with van der Waals surface area (Å²) in [6, 6.07) is 6.33. The average molecular weight is 284 g/mol. The highest BCUT2D eigenvalue weighted by atomic mass is 16.5. The van der Waals surface area contributed by atoms with Gasteiger partial charge in [-0.2, -0.15) is 4.98 Å². The molecule has 3 N–H and O–H groups in total. The second kappa shape index (κ2) is 5.60. The van der Waals surface area contributed by atoms with E-state index >= 15 is 0 Å². The van der Waals surface area contributed by atoms with Crippen LogP contribution < -0.4 is 15.8 Å². The number of ether oxygens (including phenoxy) is 1. The molecule has 0 saturated heterocycles. The highest BCUT2D eigenvalue weighted by Crippen LogP contribution is 2.29. The van der Waals surface area contributed by atoms with Crippen molar-refractivity contribution in [3.05, 3.63) is 41.1 Å². The third-order valence-electron chi connectivity index (χ3n) is 3.68. The number of nitrogen functional groups attached to an aromatic ring is 1. The number of nitrogens with zero attached hydrogens (tertiary/aromatic N) is 2. The molecule has 110 valence electrons. The van der Waals surface area contributed by atoms with E-state index in [0.29, 0.717) is 12.5 Å². The zero-order valence-corrected chi connectivity index (χ0v) is 12.4. The van der Waals surface area contributed by atoms with Crippen LogP contribution in [0, 0.1) is 0 Å². The molecule has 0 bridgehead atoms. The minimum Gasteiger partial charge on any atom is -0.490 e. The van der Waals surface area contributed by atoms with Crippen molar-refractivity contribution in [3.63, 3.8) is 0 Å². The molecule has 0 spiro atoms. The van der Waals surface area contributed by atoms with Crippen molar-refractivity contribution in [2.75, 3.05) is 11.1 Å². The first-order valence-electron chi connectivity index (χ1n) is 7.29. The van der Waals surface area contributed by atoms with Crippen LogP contribution >= 0.6 is 0 Å². The number of hydrogen-bond donors (Lipinski definition) is 2. The molecule has 5 nitrogen and oxygen atoms in total. The maximum absolute atomic E-state index is 5.72. The molecular weight excluding hydrogens is 264 g/mol. The van der Waals surface area contributed by atoms with Crippen molar-refractivity contribution in [1.29, 1.82) is 0 Å². The molecule has 21 heavy (non-hydrogen) atoms. The molecule has 5 heteroatoms. The Morgan fingerprint density at radius 3 is 3.10 bits per heavy atom. The summed E-state index contributed by atoms with van der Waals surface area (Å²) < 4.78 is 5.72. The lowest BCUT2D eigenvalue weighted by molar-refractivity contribution is 0.254. The summed E-state index contributed by atoms with van der Waals surface area (Å²) in [4.78, 5) is 8.31. The first kappa shape index (κ1) is 13.7. The van der Waals surface area contributed by atoms with Gasteiger partial charge < -0.3 is 15.8 Å². The molecular formula is C16H20N4O. The number of rotatable bonds is 4. The smallest absolute Gasteiger partial charge is 0.221 e. The van der Waals surface area contributed by atoms with Gasteiger partial charge in [0, 0.05) is 24.7 Å². The molecule has 1 aliphatic heterocycles. The van der Waals surface area contributed by atoms with Crippen molar-refractivity contribution >= 4 is 11.8 Å². The first-order valence-corrected chi connectivity index (χ1v) is 7.29. The molecule has 1 aliphatic rings. The number of fused-ring (bicyclic) bond motifs is 1. The number of hydrogen-bond acceptors (Lipinski definition) is 5. The number of anilines is 2. The van der Waals surface area contributed by atoms with E-state index in [2.05, 4.69) is 41.3 Å². The zero-order valence-electron chi connectivity index (χ0n) is 12.4. The van der Waals surface area contributed by atoms with Crippen LogP contribution in [0.4, 0.5) is 11.8 Å². The molecule has 0 amide bonds. The minimum absolute atomic E-state index is 0.275. The predicted octanol–water partition coefficient (Wildman–Crippen LogP) is 2.56. The Morgan fingerprint density at radius 2 is 2.29 bits per heavy atom. The Hall–Kier alpha value is -2.30. The fourth-order valence-electron chi connectivity index (χ4n) is 2.60. The van der Waals surface area contributed by atoms with E-state index in [4.69, 9.17) is 10.5 Å². The van der Waals surface area contributed by atoms with Crippen molar-refractivity contribution in [2.45, 2.75) is 39.3 Å². The highest BCUT2D eigenvalue weighted by Gasteiger charge is 2.18. The van der Waals surface area contributed by atoms with Crippen molar-refractivity contribution < 1.29 is 4.74 Å². The lowest BCUT2D eigenvalue weighted by Gasteiger charge is -2.10. The molecule has 0 radical (unpaired) electrons. The van der Waals surface area contributed by atoms with Crippen LogP contribution in [0.3, 0.4) is 0 Å². The highest BCUT2D eigenvalue weighted by molar-refractivity contribution is 5.47.